The number of urea groups is 1. The fourth-order valence-electron chi connectivity index (χ4n) is 2.32. The summed E-state index contributed by atoms with van der Waals surface area (Å²) in [6.45, 7) is 7.39. The van der Waals surface area contributed by atoms with Crippen LogP contribution in [-0.2, 0) is 23.9 Å². The maximum atomic E-state index is 12.2. The van der Waals surface area contributed by atoms with Gasteiger partial charge in [0.05, 0.1) is 6.54 Å². The molecule has 10 nitrogen and oxygen atoms in total. The number of esters is 1. The first-order valence-electron chi connectivity index (χ1n) is 8.64. The van der Waals surface area contributed by atoms with Gasteiger partial charge in [-0.3, -0.25) is 24.1 Å². The second kappa shape index (κ2) is 8.36. The van der Waals surface area contributed by atoms with Crippen LogP contribution in [0.15, 0.2) is 0 Å². The summed E-state index contributed by atoms with van der Waals surface area (Å²) in [5.41, 5.74) is -1.48. The monoisotopic (exact) mass is 384 g/mol. The summed E-state index contributed by atoms with van der Waals surface area (Å²) in [6, 6.07) is -0.677. The average Bonchev–Trinajstić information content (AvgIpc) is 2.74. The van der Waals surface area contributed by atoms with Crippen molar-refractivity contribution >= 4 is 29.7 Å². The van der Waals surface area contributed by atoms with Crippen molar-refractivity contribution in [1.29, 1.82) is 0 Å². The molecular formula is C17H28N4O6. The van der Waals surface area contributed by atoms with Crippen molar-refractivity contribution in [3.63, 3.8) is 0 Å². The predicted molar refractivity (Wildman–Crippen MR) is 95.4 cm³/mol. The van der Waals surface area contributed by atoms with Gasteiger partial charge in [0.2, 0.25) is 5.91 Å². The third-order valence-electron chi connectivity index (χ3n) is 4.02. The summed E-state index contributed by atoms with van der Waals surface area (Å²) >= 11 is 0. The number of imide groups is 1. The van der Waals surface area contributed by atoms with Crippen molar-refractivity contribution < 1.29 is 28.7 Å². The number of ether oxygens (including phenoxy) is 1. The number of hydrogen-bond acceptors (Lipinski definition) is 6. The van der Waals surface area contributed by atoms with E-state index < -0.39 is 48.0 Å². The minimum atomic E-state index is -1.05. The van der Waals surface area contributed by atoms with Crippen molar-refractivity contribution in [3.05, 3.63) is 0 Å². The molecule has 1 saturated heterocycles. The van der Waals surface area contributed by atoms with E-state index in [1.807, 2.05) is 20.8 Å². The van der Waals surface area contributed by atoms with Crippen LogP contribution >= 0.6 is 0 Å². The Hall–Kier alpha value is -2.65. The van der Waals surface area contributed by atoms with E-state index in [1.165, 1.54) is 7.05 Å². The van der Waals surface area contributed by atoms with E-state index in [-0.39, 0.29) is 12.5 Å². The number of hydrogen-bond donors (Lipinski definition) is 2. The van der Waals surface area contributed by atoms with E-state index in [2.05, 4.69) is 10.6 Å². The molecule has 1 atom stereocenters. The van der Waals surface area contributed by atoms with Crippen molar-refractivity contribution in [1.82, 2.24) is 20.4 Å². The number of nitrogens with one attached hydrogen (secondary N) is 2. The summed E-state index contributed by atoms with van der Waals surface area (Å²) in [5.74, 6) is -2.33. The van der Waals surface area contributed by atoms with Crippen LogP contribution in [0.5, 0.6) is 0 Å². The van der Waals surface area contributed by atoms with Gasteiger partial charge < -0.3 is 20.3 Å². The Balaban J connectivity index is 2.48. The fraction of sp³-hybridized carbons (Fsp3) is 0.706. The van der Waals surface area contributed by atoms with Crippen molar-refractivity contribution in [3.8, 4) is 0 Å². The summed E-state index contributed by atoms with van der Waals surface area (Å²) in [5, 5.41) is 5.23. The lowest BCUT2D eigenvalue weighted by Gasteiger charge is -2.23. The lowest BCUT2D eigenvalue weighted by Crippen LogP contribution is -2.47. The van der Waals surface area contributed by atoms with E-state index in [0.717, 1.165) is 9.80 Å². The lowest BCUT2D eigenvalue weighted by atomic mass is 9.99. The van der Waals surface area contributed by atoms with Gasteiger partial charge in [0, 0.05) is 12.6 Å². The van der Waals surface area contributed by atoms with Crippen molar-refractivity contribution in [2.75, 3.05) is 26.7 Å². The van der Waals surface area contributed by atoms with E-state index in [0.29, 0.717) is 6.42 Å². The summed E-state index contributed by atoms with van der Waals surface area (Å²) in [7, 11) is 1.41. The average molecular weight is 384 g/mol. The van der Waals surface area contributed by atoms with Gasteiger partial charge in [0.25, 0.3) is 11.8 Å². The Labute approximate surface area is 158 Å². The minimum absolute atomic E-state index is 0.185. The second-order valence-electron chi connectivity index (χ2n) is 7.72. The topological polar surface area (TPSA) is 125 Å². The van der Waals surface area contributed by atoms with Crippen LogP contribution < -0.4 is 10.6 Å². The highest BCUT2D eigenvalue weighted by Crippen LogP contribution is 2.20. The molecule has 1 fully saturated rings. The normalized spacial score (nSPS) is 19.6. The molecule has 0 radical (unpaired) electrons. The first-order chi connectivity index (χ1) is 12.3. The van der Waals surface area contributed by atoms with Crippen LogP contribution in [0.4, 0.5) is 4.79 Å². The molecule has 152 valence electrons. The van der Waals surface area contributed by atoms with Crippen LogP contribution in [0.25, 0.3) is 0 Å². The Morgan fingerprint density at radius 1 is 1.26 bits per heavy atom. The summed E-state index contributed by atoms with van der Waals surface area (Å²) < 4.78 is 4.83. The van der Waals surface area contributed by atoms with E-state index in [1.54, 1.807) is 13.8 Å². The maximum Gasteiger partial charge on any atom is 0.326 e. The molecule has 1 unspecified atom stereocenters. The highest BCUT2D eigenvalue weighted by molar-refractivity contribution is 6.08. The molecule has 0 aliphatic carbocycles. The van der Waals surface area contributed by atoms with Gasteiger partial charge in [-0.1, -0.05) is 6.92 Å². The number of nitrogens with zero attached hydrogens (tertiary/aromatic N) is 2. The van der Waals surface area contributed by atoms with Crippen LogP contribution in [0, 0.1) is 0 Å². The van der Waals surface area contributed by atoms with Gasteiger partial charge in [0.15, 0.2) is 6.61 Å². The Bertz CT molecular complexity index is 642. The molecule has 0 bridgehead atoms. The molecule has 0 aromatic heterocycles. The third-order valence-corrected chi connectivity index (χ3v) is 4.02. The van der Waals surface area contributed by atoms with Gasteiger partial charge in [-0.05, 0) is 34.1 Å². The molecule has 27 heavy (non-hydrogen) atoms. The summed E-state index contributed by atoms with van der Waals surface area (Å²) in [6.07, 6.45) is 0.378. The van der Waals surface area contributed by atoms with Gasteiger partial charge >= 0.3 is 12.0 Å². The second-order valence-corrected chi connectivity index (χ2v) is 7.72. The highest BCUT2D eigenvalue weighted by Gasteiger charge is 2.47. The Kier molecular flexibility index (Phi) is 6.93. The van der Waals surface area contributed by atoms with Gasteiger partial charge in [0.1, 0.15) is 12.1 Å². The quantitative estimate of drug-likeness (QED) is 0.455. The fourth-order valence-corrected chi connectivity index (χ4v) is 2.32. The Morgan fingerprint density at radius 3 is 2.33 bits per heavy atom. The van der Waals surface area contributed by atoms with E-state index in [9.17, 15) is 24.0 Å². The molecule has 0 saturated carbocycles. The third kappa shape index (κ3) is 6.22. The van der Waals surface area contributed by atoms with Crippen LogP contribution in [-0.4, -0.2) is 77.3 Å². The largest absolute Gasteiger partial charge is 0.454 e. The summed E-state index contributed by atoms with van der Waals surface area (Å²) in [4.78, 5) is 61.6. The van der Waals surface area contributed by atoms with Crippen molar-refractivity contribution in [2.24, 2.45) is 0 Å². The molecule has 10 heteroatoms. The van der Waals surface area contributed by atoms with E-state index >= 15 is 0 Å². The first-order valence-corrected chi connectivity index (χ1v) is 8.64. The number of carbonyl (C=O) groups is 5. The minimum Gasteiger partial charge on any atom is -0.454 e. The number of amides is 5. The SMILES string of the molecule is CCC1(C)NC(=O)N(CC(=O)OCC(=O)N(C)CC(=O)NC(C)(C)C)C1=O. The van der Waals surface area contributed by atoms with Crippen LogP contribution in [0.1, 0.15) is 41.0 Å². The zero-order valence-electron chi connectivity index (χ0n) is 16.7. The van der Waals surface area contributed by atoms with Crippen molar-refractivity contribution in [2.45, 2.75) is 52.1 Å². The molecule has 5 amide bonds. The smallest absolute Gasteiger partial charge is 0.326 e. The predicted octanol–water partition coefficient (Wildman–Crippen LogP) is -0.377. The zero-order chi connectivity index (χ0) is 21.0. The zero-order valence-corrected chi connectivity index (χ0v) is 16.7. The molecule has 1 rings (SSSR count). The number of rotatable bonds is 7. The Morgan fingerprint density at radius 2 is 1.85 bits per heavy atom. The molecule has 1 aliphatic heterocycles. The van der Waals surface area contributed by atoms with Crippen LogP contribution in [0.2, 0.25) is 0 Å². The van der Waals surface area contributed by atoms with E-state index in [4.69, 9.17) is 4.74 Å². The lowest BCUT2D eigenvalue weighted by molar-refractivity contribution is -0.153. The number of carbonyl (C=O) groups excluding carboxylic acids is 5. The van der Waals surface area contributed by atoms with Crippen LogP contribution in [0.3, 0.4) is 0 Å². The van der Waals surface area contributed by atoms with Gasteiger partial charge in [-0.2, -0.15) is 0 Å². The number of likely N-dealkylation sites (N-methyl/N-ethyl adjacent to an activating group) is 1. The molecule has 0 aromatic carbocycles. The molecule has 1 aliphatic rings. The van der Waals surface area contributed by atoms with Gasteiger partial charge in [-0.25, -0.2) is 4.79 Å². The molecule has 2 N–H and O–H groups in total. The molecule has 0 aromatic rings. The standard InChI is InChI=1S/C17H28N4O6/c1-7-17(5)14(25)21(15(26)19-17)9-13(24)27-10-12(23)20(6)8-11(22)18-16(2,3)4/h7-10H2,1-6H3,(H,18,22)(H,19,26). The highest BCUT2D eigenvalue weighted by atomic mass is 16.5. The molecule has 1 heterocycles. The first kappa shape index (κ1) is 22.4. The molecule has 0 spiro atoms. The van der Waals surface area contributed by atoms with Gasteiger partial charge in [-0.15, -0.1) is 0 Å². The molecular weight excluding hydrogens is 356 g/mol. The maximum absolute atomic E-state index is 12.2.